The highest BCUT2D eigenvalue weighted by molar-refractivity contribution is 6.46. The lowest BCUT2D eigenvalue weighted by atomic mass is 9.95. The molecule has 1 saturated heterocycles. The van der Waals surface area contributed by atoms with Crippen molar-refractivity contribution in [2.45, 2.75) is 25.8 Å². The minimum absolute atomic E-state index is 0.00921. The number of rotatable bonds is 9. The van der Waals surface area contributed by atoms with Gasteiger partial charge in [0, 0.05) is 25.8 Å². The summed E-state index contributed by atoms with van der Waals surface area (Å²) in [5.74, 6) is -1.15. The van der Waals surface area contributed by atoms with Crippen LogP contribution in [0.4, 0.5) is 0 Å². The maximum absolute atomic E-state index is 13.0. The zero-order valence-corrected chi connectivity index (χ0v) is 17.7. The predicted octanol–water partition coefficient (Wildman–Crippen LogP) is 3.64. The maximum atomic E-state index is 13.0. The van der Waals surface area contributed by atoms with E-state index in [2.05, 4.69) is 0 Å². The van der Waals surface area contributed by atoms with E-state index in [1.54, 1.807) is 43.5 Å². The van der Waals surface area contributed by atoms with Gasteiger partial charge >= 0.3 is 0 Å². The molecular formula is C24H27NO6. The number of aliphatic hydroxyl groups excluding tert-OH is 1. The van der Waals surface area contributed by atoms with E-state index in [9.17, 15) is 19.8 Å². The van der Waals surface area contributed by atoms with Gasteiger partial charge in [0.2, 0.25) is 0 Å². The number of aromatic hydroxyl groups is 1. The number of benzene rings is 2. The van der Waals surface area contributed by atoms with E-state index in [0.717, 1.165) is 6.42 Å². The van der Waals surface area contributed by atoms with E-state index in [1.165, 1.54) is 17.0 Å². The minimum atomic E-state index is -0.816. The number of phenolic OH excluding ortho intramolecular Hbond substituents is 1. The number of ketones is 1. The molecule has 1 aliphatic heterocycles. The molecule has 1 fully saturated rings. The Balaban J connectivity index is 2.08. The van der Waals surface area contributed by atoms with E-state index >= 15 is 0 Å². The van der Waals surface area contributed by atoms with Crippen LogP contribution >= 0.6 is 0 Å². The van der Waals surface area contributed by atoms with Crippen LogP contribution in [-0.4, -0.2) is 53.7 Å². The van der Waals surface area contributed by atoms with Gasteiger partial charge in [-0.2, -0.15) is 0 Å². The third-order valence-electron chi connectivity index (χ3n) is 5.05. The van der Waals surface area contributed by atoms with Crippen molar-refractivity contribution in [1.29, 1.82) is 0 Å². The normalized spacial score (nSPS) is 17.9. The number of hydrogen-bond acceptors (Lipinski definition) is 6. The smallest absolute Gasteiger partial charge is 0.295 e. The Morgan fingerprint density at radius 1 is 1.10 bits per heavy atom. The highest BCUT2D eigenvalue weighted by atomic mass is 16.5. The van der Waals surface area contributed by atoms with Gasteiger partial charge in [0.1, 0.15) is 17.3 Å². The Labute approximate surface area is 181 Å². The fourth-order valence-corrected chi connectivity index (χ4v) is 3.64. The average Bonchev–Trinajstić information content (AvgIpc) is 3.02. The van der Waals surface area contributed by atoms with Crippen molar-refractivity contribution in [3.8, 4) is 11.5 Å². The van der Waals surface area contributed by atoms with Gasteiger partial charge in [0.15, 0.2) is 0 Å². The van der Waals surface area contributed by atoms with Crippen LogP contribution in [0.1, 0.15) is 36.9 Å². The second-order valence-corrected chi connectivity index (χ2v) is 7.31. The molecule has 164 valence electrons. The van der Waals surface area contributed by atoms with Crippen LogP contribution < -0.4 is 4.74 Å². The van der Waals surface area contributed by atoms with Gasteiger partial charge in [0.25, 0.3) is 11.7 Å². The van der Waals surface area contributed by atoms with Crippen LogP contribution in [0.5, 0.6) is 11.5 Å². The largest absolute Gasteiger partial charge is 0.508 e. The number of likely N-dealkylation sites (tertiary alicyclic amines) is 1. The Kier molecular flexibility index (Phi) is 7.31. The summed E-state index contributed by atoms with van der Waals surface area (Å²) >= 11 is 0. The zero-order chi connectivity index (χ0) is 22.4. The van der Waals surface area contributed by atoms with Gasteiger partial charge in [-0.1, -0.05) is 31.2 Å². The van der Waals surface area contributed by atoms with E-state index in [1.807, 2.05) is 6.92 Å². The monoisotopic (exact) mass is 425 g/mol. The molecule has 0 bridgehead atoms. The second kappa shape index (κ2) is 10.1. The number of Topliss-reactive ketones (excluding diaryl/α,β-unsaturated/α-hetero) is 1. The predicted molar refractivity (Wildman–Crippen MR) is 116 cm³/mol. The van der Waals surface area contributed by atoms with Gasteiger partial charge < -0.3 is 24.6 Å². The number of hydrogen-bond donors (Lipinski definition) is 2. The third-order valence-corrected chi connectivity index (χ3v) is 5.05. The number of nitrogens with zero attached hydrogens (tertiary/aromatic N) is 1. The van der Waals surface area contributed by atoms with E-state index in [0.29, 0.717) is 36.5 Å². The van der Waals surface area contributed by atoms with E-state index < -0.39 is 17.7 Å². The SMILES string of the molecule is CCCOc1cccc(/C(O)=C2\C(=O)C(=O)N(CCCOC)C2c2cccc(O)c2)c1. The summed E-state index contributed by atoms with van der Waals surface area (Å²) in [6.45, 7) is 3.21. The van der Waals surface area contributed by atoms with Crippen LogP contribution in [0.3, 0.4) is 0 Å². The summed E-state index contributed by atoms with van der Waals surface area (Å²) in [7, 11) is 1.56. The molecule has 1 atom stereocenters. The number of methoxy groups -OCH3 is 1. The number of ether oxygens (including phenoxy) is 2. The average molecular weight is 425 g/mol. The van der Waals surface area contributed by atoms with Crippen LogP contribution in [0, 0.1) is 0 Å². The number of amides is 1. The first-order chi connectivity index (χ1) is 15.0. The molecule has 7 nitrogen and oxygen atoms in total. The summed E-state index contributed by atoms with van der Waals surface area (Å²) in [6, 6.07) is 12.3. The Morgan fingerprint density at radius 3 is 2.58 bits per heavy atom. The molecule has 0 radical (unpaired) electrons. The molecule has 1 amide bonds. The second-order valence-electron chi connectivity index (χ2n) is 7.31. The molecule has 1 heterocycles. The Morgan fingerprint density at radius 2 is 1.87 bits per heavy atom. The molecule has 1 aliphatic rings. The summed E-state index contributed by atoms with van der Waals surface area (Å²) in [5, 5.41) is 21.0. The summed E-state index contributed by atoms with van der Waals surface area (Å²) in [4.78, 5) is 27.2. The van der Waals surface area contributed by atoms with Crippen LogP contribution in [-0.2, 0) is 14.3 Å². The molecule has 0 aromatic heterocycles. The van der Waals surface area contributed by atoms with Gasteiger partial charge in [-0.05, 0) is 42.7 Å². The molecule has 2 aromatic rings. The quantitative estimate of drug-likeness (QED) is 0.276. The highest BCUT2D eigenvalue weighted by Gasteiger charge is 2.45. The van der Waals surface area contributed by atoms with Gasteiger partial charge in [-0.3, -0.25) is 9.59 Å². The van der Waals surface area contributed by atoms with Crippen LogP contribution in [0.2, 0.25) is 0 Å². The highest BCUT2D eigenvalue weighted by Crippen LogP contribution is 2.40. The Hall–Kier alpha value is -3.32. The van der Waals surface area contributed by atoms with Gasteiger partial charge in [-0.15, -0.1) is 0 Å². The number of phenols is 1. The molecule has 7 heteroatoms. The minimum Gasteiger partial charge on any atom is -0.508 e. The van der Waals surface area contributed by atoms with Crippen molar-refractivity contribution in [3.63, 3.8) is 0 Å². The Bertz CT molecular complexity index is 984. The summed E-state index contributed by atoms with van der Waals surface area (Å²) in [5.41, 5.74) is 0.908. The number of aliphatic hydroxyl groups is 1. The molecule has 31 heavy (non-hydrogen) atoms. The first kappa shape index (κ1) is 22.4. The van der Waals surface area contributed by atoms with Crippen molar-refractivity contribution in [1.82, 2.24) is 4.90 Å². The third kappa shape index (κ3) is 4.88. The van der Waals surface area contributed by atoms with Crippen molar-refractivity contribution in [2.75, 3.05) is 26.9 Å². The van der Waals surface area contributed by atoms with E-state index in [4.69, 9.17) is 9.47 Å². The van der Waals surface area contributed by atoms with Gasteiger partial charge in [-0.25, -0.2) is 0 Å². The lowest BCUT2D eigenvalue weighted by Crippen LogP contribution is -2.31. The standard InChI is InChI=1S/C24H27NO6/c1-3-12-31-19-10-5-8-17(15-19)22(27)20-21(16-7-4-9-18(26)14-16)25(11-6-13-30-2)24(29)23(20)28/h4-5,7-10,14-15,21,26-27H,3,6,11-13H2,1-2H3/b22-20+. The maximum Gasteiger partial charge on any atom is 0.295 e. The zero-order valence-electron chi connectivity index (χ0n) is 17.7. The molecule has 0 aliphatic carbocycles. The van der Waals surface area contributed by atoms with Crippen molar-refractivity contribution >= 4 is 17.4 Å². The molecule has 0 saturated carbocycles. The van der Waals surface area contributed by atoms with Crippen molar-refractivity contribution in [3.05, 3.63) is 65.2 Å². The van der Waals surface area contributed by atoms with E-state index in [-0.39, 0.29) is 23.6 Å². The first-order valence-corrected chi connectivity index (χ1v) is 10.3. The molecule has 0 spiro atoms. The lowest BCUT2D eigenvalue weighted by Gasteiger charge is -2.25. The molecular weight excluding hydrogens is 398 g/mol. The topological polar surface area (TPSA) is 96.3 Å². The number of carbonyl (C=O) groups is 2. The molecule has 2 N–H and O–H groups in total. The lowest BCUT2D eigenvalue weighted by molar-refractivity contribution is -0.140. The molecule has 3 rings (SSSR count). The van der Waals surface area contributed by atoms with Crippen LogP contribution in [0.15, 0.2) is 54.1 Å². The van der Waals surface area contributed by atoms with Crippen LogP contribution in [0.25, 0.3) is 5.76 Å². The fraction of sp³-hybridized carbons (Fsp3) is 0.333. The number of carbonyl (C=O) groups excluding carboxylic acids is 2. The molecule has 1 unspecified atom stereocenters. The molecule has 2 aromatic carbocycles. The first-order valence-electron chi connectivity index (χ1n) is 10.3. The summed E-state index contributed by atoms with van der Waals surface area (Å²) < 4.78 is 10.7. The fourth-order valence-electron chi connectivity index (χ4n) is 3.64. The van der Waals surface area contributed by atoms with Crippen molar-refractivity contribution < 1.29 is 29.3 Å². The summed E-state index contributed by atoms with van der Waals surface area (Å²) in [6.07, 6.45) is 1.36. The van der Waals surface area contributed by atoms with Gasteiger partial charge in [0.05, 0.1) is 18.2 Å². The van der Waals surface area contributed by atoms with Crippen molar-refractivity contribution in [2.24, 2.45) is 0 Å².